The molecule has 3 rings (SSSR count). The average molecular weight is 396 g/mol. The Kier molecular flexibility index (Phi) is 5.30. The fourth-order valence-corrected chi connectivity index (χ4v) is 3.25. The number of carbonyl (C=O) groups excluding carboxylic acids is 1. The first kappa shape index (κ1) is 19.7. The Hall–Kier alpha value is -3.04. The van der Waals surface area contributed by atoms with Crippen LogP contribution in [-0.4, -0.2) is 46.8 Å². The Morgan fingerprint density at radius 3 is 2.82 bits per heavy atom. The number of anilines is 1. The van der Waals surface area contributed by atoms with Gasteiger partial charge in [0.25, 0.3) is 5.91 Å². The van der Waals surface area contributed by atoms with E-state index in [2.05, 4.69) is 15.3 Å². The third-order valence-corrected chi connectivity index (χ3v) is 4.78. The zero-order valence-corrected chi connectivity index (χ0v) is 15.0. The molecular formula is C18H19F3N4O3. The van der Waals surface area contributed by atoms with Gasteiger partial charge in [-0.1, -0.05) is 0 Å². The highest BCUT2D eigenvalue weighted by Crippen LogP contribution is 2.31. The molecule has 0 saturated heterocycles. The third-order valence-electron chi connectivity index (χ3n) is 4.78. The zero-order valence-electron chi connectivity index (χ0n) is 15.0. The van der Waals surface area contributed by atoms with Crippen LogP contribution < -0.4 is 10.2 Å². The molecule has 10 heteroatoms. The first-order chi connectivity index (χ1) is 13.2. The van der Waals surface area contributed by atoms with Crippen LogP contribution in [0.2, 0.25) is 0 Å². The molecule has 28 heavy (non-hydrogen) atoms. The van der Waals surface area contributed by atoms with Crippen LogP contribution in [-0.2, 0) is 23.8 Å². The number of likely N-dealkylation sites (N-methyl/N-ethyl adjacent to an activating group) is 1. The highest BCUT2D eigenvalue weighted by molar-refractivity contribution is 5.97. The lowest BCUT2D eigenvalue weighted by atomic mass is 10.0. The maximum atomic E-state index is 12.9. The molecule has 1 aliphatic heterocycles. The number of aliphatic carboxylic acids is 1. The van der Waals surface area contributed by atoms with Gasteiger partial charge in [0, 0.05) is 30.4 Å². The molecule has 0 radical (unpaired) electrons. The van der Waals surface area contributed by atoms with Gasteiger partial charge in [0.05, 0.1) is 6.20 Å². The molecule has 1 amide bonds. The number of halogens is 3. The maximum Gasteiger partial charge on any atom is 0.433 e. The number of rotatable bonds is 6. The molecule has 1 aromatic heterocycles. The number of aromatic nitrogens is 2. The molecule has 1 aliphatic rings. The maximum absolute atomic E-state index is 12.9. The predicted molar refractivity (Wildman–Crippen MR) is 94.2 cm³/mol. The normalized spacial score (nSPS) is 14.6. The van der Waals surface area contributed by atoms with Gasteiger partial charge in [-0.05, 0) is 43.0 Å². The van der Waals surface area contributed by atoms with Crippen molar-refractivity contribution in [2.45, 2.75) is 31.5 Å². The smallest absolute Gasteiger partial charge is 0.433 e. The van der Waals surface area contributed by atoms with Crippen LogP contribution in [0.15, 0.2) is 24.4 Å². The first-order valence-electron chi connectivity index (χ1n) is 8.64. The molecule has 2 heterocycles. The van der Waals surface area contributed by atoms with Crippen LogP contribution in [0, 0.1) is 0 Å². The number of aryl methyl sites for hydroxylation is 1. The van der Waals surface area contributed by atoms with Crippen molar-refractivity contribution in [3.8, 4) is 0 Å². The quantitative estimate of drug-likeness (QED) is 0.696. The van der Waals surface area contributed by atoms with Gasteiger partial charge in [-0.25, -0.2) is 4.79 Å². The Morgan fingerprint density at radius 1 is 1.39 bits per heavy atom. The van der Waals surface area contributed by atoms with E-state index in [0.717, 1.165) is 30.4 Å². The van der Waals surface area contributed by atoms with E-state index in [1.54, 1.807) is 18.2 Å². The van der Waals surface area contributed by atoms with Gasteiger partial charge in [0.1, 0.15) is 11.7 Å². The Bertz CT molecular complexity index is 894. The van der Waals surface area contributed by atoms with Crippen molar-refractivity contribution in [2.24, 2.45) is 0 Å². The molecule has 2 aromatic rings. The van der Waals surface area contributed by atoms with E-state index in [1.165, 1.54) is 0 Å². The number of nitrogens with one attached hydrogen (secondary N) is 2. The second-order valence-corrected chi connectivity index (χ2v) is 6.69. The standard InChI is InChI=1S/C18H19F3N4O3/c1-25-7-6-10-8-11(3-5-14(10)25)16(26)23-13(17(27)28)4-2-12-9-22-24-15(12)18(19,20)21/h3,5,8-9,13H,2,4,6-7H2,1H3,(H,22,24)(H,23,26)(H,27,28). The van der Waals surface area contributed by atoms with Gasteiger partial charge in [-0.15, -0.1) is 0 Å². The largest absolute Gasteiger partial charge is 0.480 e. The van der Waals surface area contributed by atoms with E-state index in [1.807, 2.05) is 12.1 Å². The topological polar surface area (TPSA) is 98.3 Å². The molecule has 150 valence electrons. The lowest BCUT2D eigenvalue weighted by Gasteiger charge is -2.16. The predicted octanol–water partition coefficient (Wildman–Crippen LogP) is 2.24. The minimum Gasteiger partial charge on any atom is -0.480 e. The molecule has 0 fully saturated rings. The summed E-state index contributed by atoms with van der Waals surface area (Å²) in [4.78, 5) is 26.0. The molecule has 1 unspecified atom stereocenters. The Labute approximate surface area is 158 Å². The second kappa shape index (κ2) is 7.53. The van der Waals surface area contributed by atoms with Crippen LogP contribution in [0.4, 0.5) is 18.9 Å². The lowest BCUT2D eigenvalue weighted by molar-refractivity contribution is -0.141. The summed E-state index contributed by atoms with van der Waals surface area (Å²) >= 11 is 0. The summed E-state index contributed by atoms with van der Waals surface area (Å²) in [6.45, 7) is 0.838. The Morgan fingerprint density at radius 2 is 2.14 bits per heavy atom. The summed E-state index contributed by atoms with van der Waals surface area (Å²) < 4.78 is 38.6. The van der Waals surface area contributed by atoms with Crippen molar-refractivity contribution in [1.82, 2.24) is 15.5 Å². The molecule has 1 aromatic carbocycles. The average Bonchev–Trinajstić information content (AvgIpc) is 3.24. The van der Waals surface area contributed by atoms with Crippen molar-refractivity contribution in [3.05, 3.63) is 46.8 Å². The Balaban J connectivity index is 1.68. The number of carbonyl (C=O) groups is 2. The molecule has 0 spiro atoms. The van der Waals surface area contributed by atoms with Crippen LogP contribution in [0.3, 0.4) is 0 Å². The van der Waals surface area contributed by atoms with Gasteiger partial charge in [0.15, 0.2) is 0 Å². The summed E-state index contributed by atoms with van der Waals surface area (Å²) in [5, 5.41) is 17.0. The number of hydrogen-bond acceptors (Lipinski definition) is 4. The van der Waals surface area contributed by atoms with Crippen LogP contribution in [0.1, 0.15) is 33.6 Å². The van der Waals surface area contributed by atoms with Crippen molar-refractivity contribution >= 4 is 17.6 Å². The summed E-state index contributed by atoms with van der Waals surface area (Å²) in [6.07, 6.45) is -3.20. The number of hydrogen-bond donors (Lipinski definition) is 3. The highest BCUT2D eigenvalue weighted by Gasteiger charge is 2.35. The van der Waals surface area contributed by atoms with Crippen LogP contribution in [0.25, 0.3) is 0 Å². The second-order valence-electron chi connectivity index (χ2n) is 6.69. The van der Waals surface area contributed by atoms with Crippen molar-refractivity contribution in [3.63, 3.8) is 0 Å². The number of aromatic amines is 1. The number of fused-ring (bicyclic) bond motifs is 1. The van der Waals surface area contributed by atoms with Crippen molar-refractivity contribution in [2.75, 3.05) is 18.5 Å². The van der Waals surface area contributed by atoms with Gasteiger partial charge in [-0.3, -0.25) is 9.89 Å². The molecular weight excluding hydrogens is 377 g/mol. The first-order valence-corrected chi connectivity index (χ1v) is 8.64. The van der Waals surface area contributed by atoms with E-state index in [9.17, 15) is 27.9 Å². The lowest BCUT2D eigenvalue weighted by Crippen LogP contribution is -2.41. The summed E-state index contributed by atoms with van der Waals surface area (Å²) in [7, 11) is 1.94. The SMILES string of the molecule is CN1CCc2cc(C(=O)NC(CCc3cn[nH]c3C(F)(F)F)C(=O)O)ccc21. The molecule has 0 bridgehead atoms. The number of H-pyrrole nitrogens is 1. The van der Waals surface area contributed by atoms with Crippen LogP contribution in [0.5, 0.6) is 0 Å². The molecule has 7 nitrogen and oxygen atoms in total. The zero-order chi connectivity index (χ0) is 20.5. The highest BCUT2D eigenvalue weighted by atomic mass is 19.4. The van der Waals surface area contributed by atoms with Gasteiger partial charge in [-0.2, -0.15) is 18.3 Å². The van der Waals surface area contributed by atoms with E-state index >= 15 is 0 Å². The van der Waals surface area contributed by atoms with E-state index in [-0.39, 0.29) is 18.4 Å². The van der Waals surface area contributed by atoms with Gasteiger partial charge in [0.2, 0.25) is 0 Å². The number of carboxylic acid groups (broad SMARTS) is 1. The molecule has 3 N–H and O–H groups in total. The van der Waals surface area contributed by atoms with Crippen LogP contribution >= 0.6 is 0 Å². The van der Waals surface area contributed by atoms with E-state index < -0.39 is 29.8 Å². The summed E-state index contributed by atoms with van der Waals surface area (Å²) in [6, 6.07) is 3.80. The van der Waals surface area contributed by atoms with Gasteiger partial charge < -0.3 is 15.3 Å². The monoisotopic (exact) mass is 396 g/mol. The minimum absolute atomic E-state index is 0.145. The van der Waals surface area contributed by atoms with Gasteiger partial charge >= 0.3 is 12.1 Å². The number of alkyl halides is 3. The fourth-order valence-electron chi connectivity index (χ4n) is 3.25. The fraction of sp³-hybridized carbons (Fsp3) is 0.389. The molecule has 0 saturated carbocycles. The van der Waals surface area contributed by atoms with Crippen molar-refractivity contribution < 1.29 is 27.9 Å². The number of nitrogens with zero attached hydrogens (tertiary/aromatic N) is 2. The number of benzene rings is 1. The number of amides is 1. The van der Waals surface area contributed by atoms with E-state index in [0.29, 0.717) is 5.56 Å². The molecule has 0 aliphatic carbocycles. The summed E-state index contributed by atoms with van der Waals surface area (Å²) in [5.74, 6) is -1.89. The summed E-state index contributed by atoms with van der Waals surface area (Å²) in [5.41, 5.74) is 1.18. The van der Waals surface area contributed by atoms with E-state index in [4.69, 9.17) is 0 Å². The minimum atomic E-state index is -4.61. The third kappa shape index (κ3) is 4.10. The molecule has 1 atom stereocenters. The number of carboxylic acids is 1. The van der Waals surface area contributed by atoms with Crippen molar-refractivity contribution in [1.29, 1.82) is 0 Å².